The fourth-order valence-electron chi connectivity index (χ4n) is 6.22. The fourth-order valence-corrected chi connectivity index (χ4v) is 6.22. The van der Waals surface area contributed by atoms with Crippen molar-refractivity contribution in [3.05, 3.63) is 65.3 Å². The molecule has 1 unspecified atom stereocenters. The maximum Gasteiger partial charge on any atom is 0.229 e. The van der Waals surface area contributed by atoms with E-state index in [1.807, 2.05) is 18.2 Å². The van der Waals surface area contributed by atoms with Crippen LogP contribution in [0, 0.1) is 5.41 Å². The van der Waals surface area contributed by atoms with Crippen molar-refractivity contribution in [2.45, 2.75) is 76.4 Å². The molecular weight excluding hydrogens is 452 g/mol. The van der Waals surface area contributed by atoms with Crippen LogP contribution in [0.5, 0.6) is 0 Å². The summed E-state index contributed by atoms with van der Waals surface area (Å²) in [7, 11) is 2.07. The van der Waals surface area contributed by atoms with Gasteiger partial charge in [-0.1, -0.05) is 69.5 Å². The van der Waals surface area contributed by atoms with Crippen molar-refractivity contribution in [3.63, 3.8) is 0 Å². The molecule has 5 rings (SSSR count). The van der Waals surface area contributed by atoms with Gasteiger partial charge < -0.3 is 19.6 Å². The van der Waals surface area contributed by atoms with Crippen LogP contribution >= 0.6 is 0 Å². The number of likely N-dealkylation sites (tertiary alicyclic amines) is 1. The standard InChI is InChI=1S/C29H38N4O3/c1-20(2)21-8-10-23(11-9-21)29(35,27(3)18-33(4)19-27)24-14-22(16-30-17-24)26-31-25(36-32-26)15-28(34)12-6-5-7-13-28/h8-11,14,16-17,20,34-35H,5-7,12-13,15,18-19H2,1-4H3. The number of hydrogen-bond acceptors (Lipinski definition) is 7. The first-order valence-electron chi connectivity index (χ1n) is 13.1. The first kappa shape index (κ1) is 25.1. The van der Waals surface area contributed by atoms with Crippen molar-refractivity contribution in [2.24, 2.45) is 5.41 Å². The van der Waals surface area contributed by atoms with Crippen LogP contribution in [0.15, 0.2) is 47.2 Å². The summed E-state index contributed by atoms with van der Waals surface area (Å²) >= 11 is 0. The zero-order chi connectivity index (χ0) is 25.6. The number of rotatable bonds is 7. The second-order valence-corrected chi connectivity index (χ2v) is 11.7. The van der Waals surface area contributed by atoms with Gasteiger partial charge in [0, 0.05) is 42.0 Å². The van der Waals surface area contributed by atoms with Gasteiger partial charge in [0.25, 0.3) is 0 Å². The second-order valence-electron chi connectivity index (χ2n) is 11.7. The number of benzene rings is 1. The topological polar surface area (TPSA) is 95.5 Å². The van der Waals surface area contributed by atoms with E-state index in [0.29, 0.717) is 35.2 Å². The molecule has 2 fully saturated rings. The molecule has 1 aliphatic carbocycles. The minimum atomic E-state index is -1.23. The predicted molar refractivity (Wildman–Crippen MR) is 138 cm³/mol. The van der Waals surface area contributed by atoms with Gasteiger partial charge >= 0.3 is 0 Å². The first-order chi connectivity index (χ1) is 17.1. The van der Waals surface area contributed by atoms with Gasteiger partial charge in [-0.25, -0.2) is 0 Å². The molecule has 1 saturated carbocycles. The summed E-state index contributed by atoms with van der Waals surface area (Å²) in [5.74, 6) is 1.28. The zero-order valence-corrected chi connectivity index (χ0v) is 21.9. The summed E-state index contributed by atoms with van der Waals surface area (Å²) in [6.45, 7) is 8.01. The molecule has 1 saturated heterocycles. The third-order valence-electron chi connectivity index (χ3n) is 8.25. The highest BCUT2D eigenvalue weighted by atomic mass is 16.5. The molecule has 7 nitrogen and oxygen atoms in total. The summed E-state index contributed by atoms with van der Waals surface area (Å²) in [5.41, 5.74) is 1.11. The molecule has 36 heavy (non-hydrogen) atoms. The Bertz CT molecular complexity index is 1190. The van der Waals surface area contributed by atoms with Crippen LogP contribution < -0.4 is 0 Å². The Hall–Kier alpha value is -2.61. The summed E-state index contributed by atoms with van der Waals surface area (Å²) in [5, 5.41) is 27.5. The molecule has 1 atom stereocenters. The van der Waals surface area contributed by atoms with Crippen LogP contribution in [0.4, 0.5) is 0 Å². The highest BCUT2D eigenvalue weighted by Crippen LogP contribution is 2.50. The maximum absolute atomic E-state index is 12.4. The van der Waals surface area contributed by atoms with Gasteiger partial charge in [-0.05, 0) is 43.0 Å². The van der Waals surface area contributed by atoms with Crippen LogP contribution in [-0.4, -0.2) is 56.0 Å². The molecule has 0 amide bonds. The second kappa shape index (κ2) is 9.36. The van der Waals surface area contributed by atoms with Crippen molar-refractivity contribution in [1.82, 2.24) is 20.0 Å². The number of pyridine rings is 1. The molecule has 192 valence electrons. The molecule has 3 heterocycles. The number of nitrogens with zero attached hydrogens (tertiary/aromatic N) is 4. The lowest BCUT2D eigenvalue weighted by Gasteiger charge is -2.55. The van der Waals surface area contributed by atoms with Crippen LogP contribution in [0.3, 0.4) is 0 Å². The minimum Gasteiger partial charge on any atom is -0.389 e. The maximum atomic E-state index is 12.4. The SMILES string of the molecule is CC(C)c1ccc(C(O)(c2cncc(-c3noc(CC4(O)CCCCC4)n3)c2)C2(C)CN(C)C2)cc1. The largest absolute Gasteiger partial charge is 0.389 e. The molecule has 3 aromatic rings. The third-order valence-corrected chi connectivity index (χ3v) is 8.25. The van der Waals surface area contributed by atoms with Crippen molar-refractivity contribution < 1.29 is 14.7 Å². The van der Waals surface area contributed by atoms with E-state index in [1.54, 1.807) is 12.4 Å². The van der Waals surface area contributed by atoms with E-state index >= 15 is 0 Å². The zero-order valence-electron chi connectivity index (χ0n) is 21.9. The number of aliphatic hydroxyl groups is 2. The Labute approximate surface area is 213 Å². The Morgan fingerprint density at radius 3 is 2.39 bits per heavy atom. The van der Waals surface area contributed by atoms with Gasteiger partial charge in [0.15, 0.2) is 0 Å². The lowest BCUT2D eigenvalue weighted by atomic mass is 9.62. The summed E-state index contributed by atoms with van der Waals surface area (Å²) in [6.07, 6.45) is 8.54. The average Bonchev–Trinajstić information content (AvgIpc) is 3.31. The summed E-state index contributed by atoms with van der Waals surface area (Å²) in [4.78, 5) is 11.3. The van der Waals surface area contributed by atoms with Gasteiger partial charge in [0.2, 0.25) is 11.7 Å². The lowest BCUT2D eigenvalue weighted by Crippen LogP contribution is -2.63. The summed E-state index contributed by atoms with van der Waals surface area (Å²) in [6, 6.07) is 10.2. The van der Waals surface area contributed by atoms with Gasteiger partial charge in [0.05, 0.1) is 12.0 Å². The van der Waals surface area contributed by atoms with E-state index in [2.05, 4.69) is 60.0 Å². The smallest absolute Gasteiger partial charge is 0.229 e. The van der Waals surface area contributed by atoms with Crippen LogP contribution in [0.25, 0.3) is 11.4 Å². The van der Waals surface area contributed by atoms with E-state index in [0.717, 1.165) is 50.8 Å². The van der Waals surface area contributed by atoms with E-state index in [1.165, 1.54) is 5.56 Å². The Balaban J connectivity index is 1.48. The molecule has 1 aliphatic heterocycles. The highest BCUT2D eigenvalue weighted by molar-refractivity contribution is 5.56. The molecule has 0 spiro atoms. The third kappa shape index (κ3) is 4.49. The fraction of sp³-hybridized carbons (Fsp3) is 0.552. The van der Waals surface area contributed by atoms with Gasteiger partial charge in [0.1, 0.15) is 5.60 Å². The van der Waals surface area contributed by atoms with Crippen molar-refractivity contribution in [2.75, 3.05) is 20.1 Å². The van der Waals surface area contributed by atoms with E-state index in [-0.39, 0.29) is 5.41 Å². The molecule has 7 heteroatoms. The van der Waals surface area contributed by atoms with Crippen LogP contribution in [0.2, 0.25) is 0 Å². The Kier molecular flexibility index (Phi) is 6.52. The van der Waals surface area contributed by atoms with Gasteiger partial charge in [-0.15, -0.1) is 0 Å². The highest BCUT2D eigenvalue weighted by Gasteiger charge is 2.55. The monoisotopic (exact) mass is 490 g/mol. The number of hydrogen-bond donors (Lipinski definition) is 2. The lowest BCUT2D eigenvalue weighted by molar-refractivity contribution is -0.127. The number of aromatic nitrogens is 3. The molecule has 0 radical (unpaired) electrons. The van der Waals surface area contributed by atoms with Gasteiger partial charge in [-0.3, -0.25) is 4.98 Å². The first-order valence-corrected chi connectivity index (χ1v) is 13.1. The molecule has 2 N–H and O–H groups in total. The normalized spacial score (nSPS) is 21.2. The molecule has 1 aromatic carbocycles. The van der Waals surface area contributed by atoms with Crippen LogP contribution in [-0.2, 0) is 12.0 Å². The summed E-state index contributed by atoms with van der Waals surface area (Å²) < 4.78 is 5.53. The van der Waals surface area contributed by atoms with E-state index < -0.39 is 11.2 Å². The quantitative estimate of drug-likeness (QED) is 0.496. The van der Waals surface area contributed by atoms with E-state index in [9.17, 15) is 10.2 Å². The van der Waals surface area contributed by atoms with Crippen molar-refractivity contribution in [1.29, 1.82) is 0 Å². The molecule has 0 bridgehead atoms. The van der Waals surface area contributed by atoms with Gasteiger partial charge in [-0.2, -0.15) is 4.98 Å². The van der Waals surface area contributed by atoms with Crippen molar-refractivity contribution >= 4 is 0 Å². The molecule has 2 aliphatic rings. The van der Waals surface area contributed by atoms with Crippen molar-refractivity contribution in [3.8, 4) is 11.4 Å². The Morgan fingerprint density at radius 1 is 1.06 bits per heavy atom. The minimum absolute atomic E-state index is 0.365. The van der Waals surface area contributed by atoms with E-state index in [4.69, 9.17) is 4.52 Å². The average molecular weight is 491 g/mol. The molecule has 2 aromatic heterocycles. The van der Waals surface area contributed by atoms with Crippen LogP contribution in [0.1, 0.15) is 81.4 Å². The Morgan fingerprint density at radius 2 is 1.75 bits per heavy atom. The molecular formula is C29H38N4O3. The predicted octanol–water partition coefficient (Wildman–Crippen LogP) is 4.68.